The first-order valence-corrected chi connectivity index (χ1v) is 6.23. The Morgan fingerprint density at radius 2 is 2.05 bits per heavy atom. The first-order chi connectivity index (χ1) is 8.82. The van der Waals surface area contributed by atoms with Crippen molar-refractivity contribution in [2.24, 2.45) is 0 Å². The Bertz CT molecular complexity index is 489. The molecule has 0 atom stereocenters. The molecule has 0 aliphatic heterocycles. The third-order valence-electron chi connectivity index (χ3n) is 2.45. The van der Waals surface area contributed by atoms with Crippen molar-refractivity contribution in [2.75, 3.05) is 18.5 Å². The average Bonchev–Trinajstić information content (AvgIpc) is 2.26. The zero-order valence-corrected chi connectivity index (χ0v) is 11.9. The lowest BCUT2D eigenvalue weighted by Crippen LogP contribution is -2.39. The van der Waals surface area contributed by atoms with E-state index in [0.29, 0.717) is 5.69 Å². The van der Waals surface area contributed by atoms with Gasteiger partial charge in [0, 0.05) is 13.1 Å². The van der Waals surface area contributed by atoms with Gasteiger partial charge in [-0.05, 0) is 26.0 Å². The number of carbonyl (C=O) groups is 2. The van der Waals surface area contributed by atoms with Gasteiger partial charge in [-0.2, -0.15) is 0 Å². The lowest BCUT2D eigenvalue weighted by atomic mass is 10.1. The normalized spacial score (nSPS) is 10.4. The quantitative estimate of drug-likeness (QED) is 0.868. The largest absolute Gasteiger partial charge is 0.478 e. The third kappa shape index (κ3) is 4.13. The van der Waals surface area contributed by atoms with Crippen LogP contribution >= 0.6 is 11.6 Å². The summed E-state index contributed by atoms with van der Waals surface area (Å²) in [6.07, 6.45) is 0. The van der Waals surface area contributed by atoms with Crippen LogP contribution in [0.1, 0.15) is 24.2 Å². The Hall–Kier alpha value is -1.75. The minimum atomic E-state index is -1.11. The van der Waals surface area contributed by atoms with Crippen molar-refractivity contribution in [3.63, 3.8) is 0 Å². The van der Waals surface area contributed by atoms with E-state index in [1.165, 1.54) is 6.07 Å². The summed E-state index contributed by atoms with van der Waals surface area (Å²) in [6, 6.07) is 4.83. The Morgan fingerprint density at radius 1 is 1.42 bits per heavy atom. The summed E-state index contributed by atoms with van der Waals surface area (Å²) in [7, 11) is 1.65. The monoisotopic (exact) mass is 284 g/mol. The highest BCUT2D eigenvalue weighted by molar-refractivity contribution is 6.34. The molecule has 0 radical (unpaired) electrons. The molecule has 0 heterocycles. The van der Waals surface area contributed by atoms with Gasteiger partial charge in [0.05, 0.1) is 17.3 Å². The number of nitrogens with zero attached hydrogens (tertiary/aromatic N) is 1. The van der Waals surface area contributed by atoms with Gasteiger partial charge in [0.1, 0.15) is 5.56 Å². The van der Waals surface area contributed by atoms with Crippen molar-refractivity contribution in [1.82, 2.24) is 5.32 Å². The van der Waals surface area contributed by atoms with E-state index in [4.69, 9.17) is 16.7 Å². The SMILES string of the molecule is CC(C)NC(=O)CN(C)c1cccc(Cl)c1C(=O)O. The number of carboxylic acid groups (broad SMARTS) is 1. The minimum absolute atomic E-state index is 0.00372. The lowest BCUT2D eigenvalue weighted by molar-refractivity contribution is -0.120. The molecule has 0 fully saturated rings. The lowest BCUT2D eigenvalue weighted by Gasteiger charge is -2.21. The van der Waals surface area contributed by atoms with Crippen LogP contribution in [0.25, 0.3) is 0 Å². The second kappa shape index (κ2) is 6.43. The molecule has 5 nitrogen and oxygen atoms in total. The number of hydrogen-bond acceptors (Lipinski definition) is 3. The zero-order valence-electron chi connectivity index (χ0n) is 11.1. The molecule has 0 aliphatic rings. The molecule has 0 spiro atoms. The predicted molar refractivity (Wildman–Crippen MR) is 75.0 cm³/mol. The van der Waals surface area contributed by atoms with E-state index in [1.54, 1.807) is 24.1 Å². The molecule has 104 valence electrons. The van der Waals surface area contributed by atoms with E-state index >= 15 is 0 Å². The van der Waals surface area contributed by atoms with E-state index in [9.17, 15) is 9.59 Å². The highest BCUT2D eigenvalue weighted by atomic mass is 35.5. The number of hydrogen-bond donors (Lipinski definition) is 2. The van der Waals surface area contributed by atoms with Gasteiger partial charge in [-0.25, -0.2) is 4.79 Å². The van der Waals surface area contributed by atoms with Crippen molar-refractivity contribution >= 4 is 29.2 Å². The number of carbonyl (C=O) groups excluding carboxylic acids is 1. The second-order valence-corrected chi connectivity index (χ2v) is 4.92. The van der Waals surface area contributed by atoms with E-state index in [1.807, 2.05) is 13.8 Å². The standard InChI is InChI=1S/C13H17ClN2O3/c1-8(2)15-11(17)7-16(3)10-6-4-5-9(14)12(10)13(18)19/h4-6,8H,7H2,1-3H3,(H,15,17)(H,18,19). The number of aromatic carboxylic acids is 1. The van der Waals surface area contributed by atoms with E-state index in [2.05, 4.69) is 5.32 Å². The van der Waals surface area contributed by atoms with Gasteiger partial charge in [0.2, 0.25) is 5.91 Å². The van der Waals surface area contributed by atoms with Crippen LogP contribution in [0, 0.1) is 0 Å². The molecule has 0 aromatic heterocycles. The van der Waals surface area contributed by atoms with E-state index in [-0.39, 0.29) is 29.1 Å². The Morgan fingerprint density at radius 3 is 2.58 bits per heavy atom. The Balaban J connectivity index is 2.94. The average molecular weight is 285 g/mol. The van der Waals surface area contributed by atoms with Crippen LogP contribution in [-0.2, 0) is 4.79 Å². The number of nitrogens with one attached hydrogen (secondary N) is 1. The molecule has 0 saturated carbocycles. The summed E-state index contributed by atoms with van der Waals surface area (Å²) in [6.45, 7) is 3.79. The second-order valence-electron chi connectivity index (χ2n) is 4.52. The van der Waals surface area contributed by atoms with Crippen molar-refractivity contribution < 1.29 is 14.7 Å². The van der Waals surface area contributed by atoms with Crippen molar-refractivity contribution in [3.05, 3.63) is 28.8 Å². The van der Waals surface area contributed by atoms with Crippen LogP contribution in [-0.4, -0.2) is 36.6 Å². The molecular weight excluding hydrogens is 268 g/mol. The number of likely N-dealkylation sites (N-methyl/N-ethyl adjacent to an activating group) is 1. The molecule has 0 saturated heterocycles. The number of benzene rings is 1. The number of rotatable bonds is 5. The van der Waals surface area contributed by atoms with Crippen LogP contribution < -0.4 is 10.2 Å². The van der Waals surface area contributed by atoms with Crippen molar-refractivity contribution in [2.45, 2.75) is 19.9 Å². The molecular formula is C13H17ClN2O3. The van der Waals surface area contributed by atoms with E-state index < -0.39 is 5.97 Å². The van der Waals surface area contributed by atoms with Gasteiger partial charge < -0.3 is 15.3 Å². The molecule has 1 amide bonds. The smallest absolute Gasteiger partial charge is 0.339 e. The minimum Gasteiger partial charge on any atom is -0.478 e. The zero-order chi connectivity index (χ0) is 14.6. The molecule has 0 bridgehead atoms. The van der Waals surface area contributed by atoms with Crippen LogP contribution in [0.3, 0.4) is 0 Å². The Kier molecular flexibility index (Phi) is 5.18. The van der Waals surface area contributed by atoms with Crippen LogP contribution in [0.2, 0.25) is 5.02 Å². The van der Waals surface area contributed by atoms with Gasteiger partial charge in [-0.1, -0.05) is 17.7 Å². The molecule has 1 aromatic carbocycles. The van der Waals surface area contributed by atoms with Gasteiger partial charge in [0.15, 0.2) is 0 Å². The first-order valence-electron chi connectivity index (χ1n) is 5.85. The molecule has 0 aliphatic carbocycles. The molecule has 1 rings (SSSR count). The molecule has 0 unspecified atom stereocenters. The van der Waals surface area contributed by atoms with Gasteiger partial charge in [-0.15, -0.1) is 0 Å². The highest BCUT2D eigenvalue weighted by Gasteiger charge is 2.18. The maximum absolute atomic E-state index is 11.7. The maximum atomic E-state index is 11.7. The van der Waals surface area contributed by atoms with Crippen LogP contribution in [0.5, 0.6) is 0 Å². The topological polar surface area (TPSA) is 69.6 Å². The maximum Gasteiger partial charge on any atom is 0.339 e. The summed E-state index contributed by atoms with van der Waals surface area (Å²) in [4.78, 5) is 24.4. The fourth-order valence-corrected chi connectivity index (χ4v) is 1.96. The molecule has 2 N–H and O–H groups in total. The van der Waals surface area contributed by atoms with Gasteiger partial charge in [0.25, 0.3) is 0 Å². The number of anilines is 1. The summed E-state index contributed by atoms with van der Waals surface area (Å²) < 4.78 is 0. The number of carboxylic acids is 1. The third-order valence-corrected chi connectivity index (χ3v) is 2.76. The predicted octanol–water partition coefficient (Wildman–Crippen LogP) is 2.00. The van der Waals surface area contributed by atoms with E-state index in [0.717, 1.165) is 0 Å². The van der Waals surface area contributed by atoms with Gasteiger partial charge >= 0.3 is 5.97 Å². The van der Waals surface area contributed by atoms with Crippen molar-refractivity contribution in [3.8, 4) is 0 Å². The highest BCUT2D eigenvalue weighted by Crippen LogP contribution is 2.26. The summed E-state index contributed by atoms with van der Waals surface area (Å²) in [5.74, 6) is -1.29. The molecule has 1 aromatic rings. The first kappa shape index (κ1) is 15.3. The molecule has 19 heavy (non-hydrogen) atoms. The fraction of sp³-hybridized carbons (Fsp3) is 0.385. The fourth-order valence-electron chi connectivity index (χ4n) is 1.71. The summed E-state index contributed by atoms with van der Waals surface area (Å²) >= 11 is 5.88. The summed E-state index contributed by atoms with van der Waals surface area (Å²) in [5.41, 5.74) is 0.419. The van der Waals surface area contributed by atoms with Crippen LogP contribution in [0.15, 0.2) is 18.2 Å². The van der Waals surface area contributed by atoms with Crippen LogP contribution in [0.4, 0.5) is 5.69 Å². The summed E-state index contributed by atoms with van der Waals surface area (Å²) in [5, 5.41) is 12.1. The number of amides is 1. The van der Waals surface area contributed by atoms with Gasteiger partial charge in [-0.3, -0.25) is 4.79 Å². The molecule has 6 heteroatoms. The Labute approximate surface area is 117 Å². The number of halogens is 1. The van der Waals surface area contributed by atoms with Crippen molar-refractivity contribution in [1.29, 1.82) is 0 Å².